The van der Waals surface area contributed by atoms with Gasteiger partial charge in [-0.1, -0.05) is 55.6 Å². The highest BCUT2D eigenvalue weighted by Gasteiger charge is 2.64. The molecule has 0 amide bonds. The van der Waals surface area contributed by atoms with E-state index in [4.69, 9.17) is 39.5 Å². The molecule has 3 nitrogen and oxygen atoms in total. The summed E-state index contributed by atoms with van der Waals surface area (Å²) >= 11 is 16.9. The van der Waals surface area contributed by atoms with Gasteiger partial charge >= 0.3 is 0 Å². The fourth-order valence-corrected chi connectivity index (χ4v) is 1.86. The van der Waals surface area contributed by atoms with E-state index in [-0.39, 0.29) is 12.2 Å². The topological polar surface area (TPSA) is 46.5 Å². The highest BCUT2D eigenvalue weighted by atomic mass is 35.6. The largest absolute Gasteiger partial charge is 0.362 e. The second kappa shape index (κ2) is 3.72. The molecule has 1 fully saturated rings. The van der Waals surface area contributed by atoms with Crippen LogP contribution >= 0.6 is 34.8 Å². The van der Waals surface area contributed by atoms with Crippen LogP contribution in [0.2, 0.25) is 0 Å². The Morgan fingerprint density at radius 1 is 1.31 bits per heavy atom. The van der Waals surface area contributed by atoms with Gasteiger partial charge in [0.1, 0.15) is 5.60 Å². The van der Waals surface area contributed by atoms with Crippen molar-refractivity contribution in [2.75, 3.05) is 0 Å². The first-order valence-corrected chi connectivity index (χ1v) is 5.99. The molecular weight excluding hydrogens is 274 g/mol. The van der Waals surface area contributed by atoms with Gasteiger partial charge < -0.3 is 9.84 Å². The molecule has 1 aliphatic rings. The van der Waals surface area contributed by atoms with Gasteiger partial charge in [-0.05, 0) is 12.3 Å². The SMILES string of the molecule is CC(C)(C)[C@]1(C)O[C@@](O)(C(Cl)(Cl)Cl)CC1=O. The van der Waals surface area contributed by atoms with Crippen molar-refractivity contribution in [3.8, 4) is 0 Å². The molecule has 1 rings (SSSR count). The van der Waals surface area contributed by atoms with Crippen molar-refractivity contribution < 1.29 is 14.6 Å². The van der Waals surface area contributed by atoms with E-state index in [1.807, 2.05) is 20.8 Å². The minimum Gasteiger partial charge on any atom is -0.362 e. The molecule has 1 aliphatic heterocycles. The summed E-state index contributed by atoms with van der Waals surface area (Å²) in [6, 6.07) is 0. The monoisotopic (exact) mass is 288 g/mol. The Balaban J connectivity index is 3.13. The van der Waals surface area contributed by atoms with Crippen molar-refractivity contribution >= 4 is 40.6 Å². The van der Waals surface area contributed by atoms with Gasteiger partial charge in [-0.2, -0.15) is 0 Å². The lowest BCUT2D eigenvalue weighted by molar-refractivity contribution is -0.237. The van der Waals surface area contributed by atoms with Crippen molar-refractivity contribution in [3.05, 3.63) is 0 Å². The molecule has 0 spiro atoms. The number of hydrogen-bond acceptors (Lipinski definition) is 3. The zero-order valence-electron chi connectivity index (χ0n) is 9.60. The minimum atomic E-state index is -2.06. The quantitative estimate of drug-likeness (QED) is 0.698. The number of carbonyl (C=O) groups is 1. The summed E-state index contributed by atoms with van der Waals surface area (Å²) < 4.78 is 3.34. The van der Waals surface area contributed by atoms with E-state index in [0.29, 0.717) is 0 Å². The highest BCUT2D eigenvalue weighted by molar-refractivity contribution is 6.68. The van der Waals surface area contributed by atoms with Crippen LogP contribution in [0.15, 0.2) is 0 Å². The summed E-state index contributed by atoms with van der Waals surface area (Å²) in [4.78, 5) is 11.9. The smallest absolute Gasteiger partial charge is 0.244 e. The molecule has 0 aromatic heterocycles. The molecule has 2 atom stereocenters. The van der Waals surface area contributed by atoms with Crippen LogP contribution in [0.1, 0.15) is 34.1 Å². The first-order chi connectivity index (χ1) is 6.83. The number of alkyl halides is 3. The molecule has 1 saturated heterocycles. The maximum absolute atomic E-state index is 11.9. The van der Waals surface area contributed by atoms with Crippen LogP contribution in [-0.2, 0) is 9.53 Å². The lowest BCUT2D eigenvalue weighted by Gasteiger charge is -2.39. The lowest BCUT2D eigenvalue weighted by atomic mass is 9.75. The number of rotatable bonds is 0. The summed E-state index contributed by atoms with van der Waals surface area (Å²) in [7, 11) is 0. The molecule has 0 radical (unpaired) electrons. The van der Waals surface area contributed by atoms with Crippen molar-refractivity contribution in [2.45, 2.75) is 49.3 Å². The Morgan fingerprint density at radius 2 is 1.75 bits per heavy atom. The molecule has 0 bridgehead atoms. The number of halogens is 3. The fraction of sp³-hybridized carbons (Fsp3) is 0.900. The molecule has 1 heterocycles. The molecule has 0 aromatic carbocycles. The summed E-state index contributed by atoms with van der Waals surface area (Å²) in [6.07, 6.45) is -0.322. The average molecular weight is 290 g/mol. The third-order valence-corrected chi connectivity index (χ3v) is 4.07. The normalized spacial score (nSPS) is 36.9. The maximum atomic E-state index is 11.9. The van der Waals surface area contributed by atoms with Crippen LogP contribution in [0.25, 0.3) is 0 Å². The van der Waals surface area contributed by atoms with E-state index in [1.165, 1.54) is 0 Å². The number of ether oxygens (including phenoxy) is 1. The number of aliphatic hydroxyl groups is 1. The van der Waals surface area contributed by atoms with Crippen molar-refractivity contribution in [1.82, 2.24) is 0 Å². The van der Waals surface area contributed by atoms with E-state index < -0.39 is 20.6 Å². The van der Waals surface area contributed by atoms with Crippen LogP contribution in [0, 0.1) is 5.41 Å². The van der Waals surface area contributed by atoms with Crippen LogP contribution in [0.4, 0.5) is 0 Å². The molecule has 0 aromatic rings. The number of Topliss-reactive ketones (excluding diaryl/α,β-unsaturated/α-hetero) is 1. The minimum absolute atomic E-state index is 0.270. The van der Waals surface area contributed by atoms with Gasteiger partial charge in [-0.3, -0.25) is 4.79 Å². The van der Waals surface area contributed by atoms with Crippen LogP contribution in [0.3, 0.4) is 0 Å². The molecule has 0 saturated carbocycles. The average Bonchev–Trinajstić information content (AvgIpc) is 2.21. The molecular formula is C10H15Cl3O3. The molecule has 94 valence electrons. The van der Waals surface area contributed by atoms with Crippen LogP contribution < -0.4 is 0 Å². The lowest BCUT2D eigenvalue weighted by Crippen LogP contribution is -2.49. The van der Waals surface area contributed by atoms with Gasteiger partial charge in [0.25, 0.3) is 0 Å². The summed E-state index contributed by atoms with van der Waals surface area (Å²) in [5, 5.41) is 10.1. The zero-order valence-corrected chi connectivity index (χ0v) is 11.9. The third-order valence-electron chi connectivity index (χ3n) is 3.18. The van der Waals surface area contributed by atoms with Gasteiger partial charge in [0.2, 0.25) is 9.58 Å². The van der Waals surface area contributed by atoms with E-state index in [9.17, 15) is 9.90 Å². The first-order valence-electron chi connectivity index (χ1n) is 4.86. The Hall–Kier alpha value is 0.460. The van der Waals surface area contributed by atoms with Gasteiger partial charge in [-0.25, -0.2) is 0 Å². The van der Waals surface area contributed by atoms with Crippen molar-refractivity contribution in [1.29, 1.82) is 0 Å². The fourth-order valence-electron chi connectivity index (χ4n) is 1.55. The predicted octanol–water partition coefficient (Wildman–Crippen LogP) is 2.84. The van der Waals surface area contributed by atoms with Crippen LogP contribution in [0.5, 0.6) is 0 Å². The van der Waals surface area contributed by atoms with E-state index >= 15 is 0 Å². The van der Waals surface area contributed by atoms with Gasteiger partial charge in [0.05, 0.1) is 6.42 Å². The Labute approximate surface area is 110 Å². The highest BCUT2D eigenvalue weighted by Crippen LogP contribution is 2.52. The molecule has 0 aliphatic carbocycles. The maximum Gasteiger partial charge on any atom is 0.244 e. The summed E-state index contributed by atoms with van der Waals surface area (Å²) in [6.45, 7) is 7.09. The zero-order chi connectivity index (χ0) is 13.0. The second-order valence-corrected chi connectivity index (χ2v) is 7.55. The van der Waals surface area contributed by atoms with Gasteiger partial charge in [0.15, 0.2) is 5.78 Å². The number of carbonyl (C=O) groups excluding carboxylic acids is 1. The third kappa shape index (κ3) is 2.08. The van der Waals surface area contributed by atoms with Gasteiger partial charge in [0, 0.05) is 0 Å². The van der Waals surface area contributed by atoms with Crippen LogP contribution in [-0.4, -0.2) is 26.1 Å². The van der Waals surface area contributed by atoms with Crippen molar-refractivity contribution in [3.63, 3.8) is 0 Å². The van der Waals surface area contributed by atoms with Crippen molar-refractivity contribution in [2.24, 2.45) is 5.41 Å². The molecule has 0 unspecified atom stereocenters. The van der Waals surface area contributed by atoms with E-state index in [2.05, 4.69) is 0 Å². The van der Waals surface area contributed by atoms with E-state index in [1.54, 1.807) is 6.92 Å². The first kappa shape index (κ1) is 14.5. The standard InChI is InChI=1S/C10H15Cl3O3/c1-7(2,3)8(4)6(14)5-9(15,16-8)10(11,12)13/h15H,5H2,1-4H3/t8-,9-/m1/s1. The second-order valence-electron chi connectivity index (χ2n) is 5.27. The molecule has 16 heavy (non-hydrogen) atoms. The molecule has 6 heteroatoms. The summed E-state index contributed by atoms with van der Waals surface area (Å²) in [5.74, 6) is -2.33. The Bertz CT molecular complexity index is 318. The Morgan fingerprint density at radius 3 is 1.94 bits per heavy atom. The number of ketones is 1. The Kier molecular flexibility index (Phi) is 3.38. The summed E-state index contributed by atoms with van der Waals surface area (Å²) in [5.41, 5.74) is -1.66. The van der Waals surface area contributed by atoms with Gasteiger partial charge in [-0.15, -0.1) is 0 Å². The predicted molar refractivity (Wildman–Crippen MR) is 63.8 cm³/mol. The number of hydrogen-bond donors (Lipinski definition) is 1. The molecule has 1 N–H and O–H groups in total. The van der Waals surface area contributed by atoms with E-state index in [0.717, 1.165) is 0 Å².